The number of aromatic nitrogens is 3. The lowest BCUT2D eigenvalue weighted by Crippen LogP contribution is -2.54. The molecule has 156 valence electrons. The number of carbonyl (C=O) groups is 2. The molecule has 2 amide bonds. The van der Waals surface area contributed by atoms with E-state index >= 15 is 0 Å². The molecular weight excluding hydrogens is 402 g/mol. The van der Waals surface area contributed by atoms with Crippen molar-refractivity contribution in [2.45, 2.75) is 18.9 Å². The van der Waals surface area contributed by atoms with E-state index in [2.05, 4.69) is 15.4 Å². The standard InChI is InChI=1S/C21H23N5O3S/c1-25-21(29-2)23-18(24-25)19(27)22-17-13-7-8-14(17)11-26(10-13)20(28)16-9-12-5-3-4-6-15(12)30-16/h3-6,9,13-14,17H,7-8,10-11H2,1-2H3,(H,22,27)/t13-,14+,17?. The summed E-state index contributed by atoms with van der Waals surface area (Å²) in [5, 5.41) is 8.35. The van der Waals surface area contributed by atoms with Crippen LogP contribution in [0.2, 0.25) is 0 Å². The molecular formula is C21H23N5O3S. The van der Waals surface area contributed by atoms with Crippen molar-refractivity contribution < 1.29 is 14.3 Å². The first-order chi connectivity index (χ1) is 14.5. The topological polar surface area (TPSA) is 89.3 Å². The largest absolute Gasteiger partial charge is 0.467 e. The average Bonchev–Trinajstić information content (AvgIpc) is 3.40. The van der Waals surface area contributed by atoms with Gasteiger partial charge in [-0.25, -0.2) is 4.68 Å². The second kappa shape index (κ2) is 7.39. The van der Waals surface area contributed by atoms with Gasteiger partial charge in [-0.2, -0.15) is 4.98 Å². The summed E-state index contributed by atoms with van der Waals surface area (Å²) in [6.45, 7) is 1.32. The Morgan fingerprint density at radius 3 is 2.60 bits per heavy atom. The van der Waals surface area contributed by atoms with E-state index in [1.807, 2.05) is 35.2 Å². The minimum atomic E-state index is -0.292. The van der Waals surface area contributed by atoms with Gasteiger partial charge in [-0.15, -0.1) is 16.4 Å². The summed E-state index contributed by atoms with van der Waals surface area (Å²) >= 11 is 1.54. The molecule has 0 radical (unpaired) electrons. The summed E-state index contributed by atoms with van der Waals surface area (Å²) < 4.78 is 7.66. The minimum Gasteiger partial charge on any atom is -0.467 e. The Labute approximate surface area is 177 Å². The van der Waals surface area contributed by atoms with Crippen LogP contribution < -0.4 is 10.1 Å². The number of methoxy groups -OCH3 is 1. The number of ether oxygens (including phenoxy) is 1. The molecule has 30 heavy (non-hydrogen) atoms. The number of nitrogens with zero attached hydrogens (tertiary/aromatic N) is 4. The predicted molar refractivity (Wildman–Crippen MR) is 113 cm³/mol. The van der Waals surface area contributed by atoms with Crippen LogP contribution in [0.25, 0.3) is 10.1 Å². The SMILES string of the molecule is COc1nc(C(=O)NC2[C@@H]3CC[C@H]2CN(C(=O)c2cc4ccccc4s2)C3)nn1C. The maximum absolute atomic E-state index is 13.1. The van der Waals surface area contributed by atoms with E-state index in [1.165, 1.54) is 11.8 Å². The Balaban J connectivity index is 1.28. The molecule has 1 unspecified atom stereocenters. The molecule has 1 N–H and O–H groups in total. The van der Waals surface area contributed by atoms with Crippen LogP contribution in [0.3, 0.4) is 0 Å². The number of rotatable bonds is 4. The second-order valence-corrected chi connectivity index (χ2v) is 9.08. The first kappa shape index (κ1) is 19.0. The molecule has 1 aromatic carbocycles. The number of hydrogen-bond donors (Lipinski definition) is 1. The molecule has 3 aromatic rings. The molecule has 0 spiro atoms. The quantitative estimate of drug-likeness (QED) is 0.693. The fourth-order valence-electron chi connectivity index (χ4n) is 4.73. The highest BCUT2D eigenvalue weighted by Gasteiger charge is 2.44. The fourth-order valence-corrected chi connectivity index (χ4v) is 5.76. The highest BCUT2D eigenvalue weighted by molar-refractivity contribution is 7.20. The Morgan fingerprint density at radius 1 is 1.20 bits per heavy atom. The van der Waals surface area contributed by atoms with Gasteiger partial charge in [-0.1, -0.05) is 18.2 Å². The van der Waals surface area contributed by atoms with Gasteiger partial charge in [0.25, 0.3) is 11.8 Å². The maximum atomic E-state index is 13.1. The normalized spacial score (nSPS) is 23.0. The zero-order chi connectivity index (χ0) is 20.8. The minimum absolute atomic E-state index is 0.0405. The van der Waals surface area contributed by atoms with E-state index in [0.717, 1.165) is 27.8 Å². The lowest BCUT2D eigenvalue weighted by Gasteiger charge is -2.38. The predicted octanol–water partition coefficient (Wildman–Crippen LogP) is 2.32. The van der Waals surface area contributed by atoms with E-state index < -0.39 is 0 Å². The number of amides is 2. The molecule has 1 aliphatic heterocycles. The summed E-state index contributed by atoms with van der Waals surface area (Å²) in [5.41, 5.74) is 0. The number of fused-ring (bicyclic) bond motifs is 3. The van der Waals surface area contributed by atoms with E-state index in [1.54, 1.807) is 18.4 Å². The molecule has 1 saturated carbocycles. The molecule has 5 rings (SSSR count). The summed E-state index contributed by atoms with van der Waals surface area (Å²) in [6.07, 6.45) is 2.01. The summed E-state index contributed by atoms with van der Waals surface area (Å²) in [5.74, 6) is 0.403. The van der Waals surface area contributed by atoms with Crippen LogP contribution in [0, 0.1) is 11.8 Å². The van der Waals surface area contributed by atoms with Crippen molar-refractivity contribution in [2.75, 3.05) is 20.2 Å². The molecule has 8 nitrogen and oxygen atoms in total. The second-order valence-electron chi connectivity index (χ2n) is 8.00. The third kappa shape index (κ3) is 3.23. The van der Waals surface area contributed by atoms with Crippen molar-refractivity contribution in [1.82, 2.24) is 25.0 Å². The monoisotopic (exact) mass is 425 g/mol. The van der Waals surface area contributed by atoms with Gasteiger partial charge in [0.05, 0.1) is 12.0 Å². The third-order valence-electron chi connectivity index (χ3n) is 6.16. The number of thiophene rings is 1. The molecule has 2 fully saturated rings. The number of hydrogen-bond acceptors (Lipinski definition) is 6. The summed E-state index contributed by atoms with van der Waals surface area (Å²) in [7, 11) is 3.18. The Bertz CT molecular complexity index is 1080. The average molecular weight is 426 g/mol. The van der Waals surface area contributed by atoms with Crippen LogP contribution in [0.1, 0.15) is 33.1 Å². The van der Waals surface area contributed by atoms with Crippen LogP contribution >= 0.6 is 11.3 Å². The van der Waals surface area contributed by atoms with E-state index in [0.29, 0.717) is 19.1 Å². The summed E-state index contributed by atoms with van der Waals surface area (Å²) in [4.78, 5) is 32.6. The number of aryl methyl sites for hydroxylation is 1. The molecule has 1 saturated heterocycles. The third-order valence-corrected chi connectivity index (χ3v) is 7.27. The van der Waals surface area contributed by atoms with E-state index in [4.69, 9.17) is 4.74 Å². The Morgan fingerprint density at radius 2 is 1.93 bits per heavy atom. The zero-order valence-corrected chi connectivity index (χ0v) is 17.7. The number of piperidine rings is 1. The number of likely N-dealkylation sites (tertiary alicyclic amines) is 1. The molecule has 2 bridgehead atoms. The lowest BCUT2D eigenvalue weighted by molar-refractivity contribution is 0.0601. The van der Waals surface area contributed by atoms with Gasteiger partial charge in [0.15, 0.2) is 0 Å². The van der Waals surface area contributed by atoms with Crippen LogP contribution in [-0.2, 0) is 7.05 Å². The zero-order valence-electron chi connectivity index (χ0n) is 16.9. The van der Waals surface area contributed by atoms with E-state index in [-0.39, 0.29) is 35.5 Å². The van der Waals surface area contributed by atoms with Crippen molar-refractivity contribution in [1.29, 1.82) is 0 Å². The Hall–Kier alpha value is -2.94. The van der Waals surface area contributed by atoms with Gasteiger partial charge in [0.2, 0.25) is 5.82 Å². The maximum Gasteiger partial charge on any atom is 0.314 e. The molecule has 2 aliphatic rings. The highest BCUT2D eigenvalue weighted by Crippen LogP contribution is 2.38. The Kier molecular flexibility index (Phi) is 4.69. The molecule has 2 aromatic heterocycles. The van der Waals surface area contributed by atoms with E-state index in [9.17, 15) is 9.59 Å². The van der Waals surface area contributed by atoms with Gasteiger partial charge in [-0.05, 0) is 42.2 Å². The van der Waals surface area contributed by atoms with Gasteiger partial charge < -0.3 is 15.0 Å². The number of nitrogens with one attached hydrogen (secondary N) is 1. The summed E-state index contributed by atoms with van der Waals surface area (Å²) in [6, 6.07) is 10.4. The number of carbonyl (C=O) groups excluding carboxylic acids is 2. The van der Waals surface area contributed by atoms with Crippen molar-refractivity contribution in [3.63, 3.8) is 0 Å². The van der Waals surface area contributed by atoms with Gasteiger partial charge in [0.1, 0.15) is 0 Å². The van der Waals surface area contributed by atoms with Crippen LogP contribution in [0.15, 0.2) is 30.3 Å². The van der Waals surface area contributed by atoms with Gasteiger partial charge in [-0.3, -0.25) is 9.59 Å². The fraction of sp³-hybridized carbons (Fsp3) is 0.429. The van der Waals surface area contributed by atoms with Crippen LogP contribution in [0.4, 0.5) is 0 Å². The molecule has 1 aliphatic carbocycles. The smallest absolute Gasteiger partial charge is 0.314 e. The highest BCUT2D eigenvalue weighted by atomic mass is 32.1. The van der Waals surface area contributed by atoms with Gasteiger partial charge in [0, 0.05) is 30.9 Å². The first-order valence-corrected chi connectivity index (χ1v) is 10.9. The number of benzene rings is 1. The van der Waals surface area contributed by atoms with Gasteiger partial charge >= 0.3 is 6.01 Å². The molecule has 9 heteroatoms. The van der Waals surface area contributed by atoms with Crippen LogP contribution in [0.5, 0.6) is 6.01 Å². The molecule has 3 heterocycles. The van der Waals surface area contributed by atoms with Crippen molar-refractivity contribution in [3.8, 4) is 6.01 Å². The first-order valence-electron chi connectivity index (χ1n) is 10.1. The van der Waals surface area contributed by atoms with Crippen molar-refractivity contribution in [2.24, 2.45) is 18.9 Å². The van der Waals surface area contributed by atoms with Crippen molar-refractivity contribution >= 4 is 33.2 Å². The molecule has 3 atom stereocenters. The van der Waals surface area contributed by atoms with Crippen molar-refractivity contribution in [3.05, 3.63) is 41.0 Å². The van der Waals surface area contributed by atoms with Crippen LogP contribution in [-0.4, -0.2) is 57.7 Å². The lowest BCUT2D eigenvalue weighted by atomic mass is 9.92.